The standard InChI is InChI=1S/C19H34N4O/c1-2-20-19(23-13-15-7-3-4-8-16(15)14-23)21-12-11-18(24)22-17-9-5-6-10-17/h15-17H,2-14H2,1H3,(H,20,21)(H,22,24). The molecule has 2 unspecified atom stereocenters. The van der Waals surface area contributed by atoms with Gasteiger partial charge in [-0.25, -0.2) is 0 Å². The molecule has 1 aliphatic heterocycles. The van der Waals surface area contributed by atoms with E-state index in [4.69, 9.17) is 4.99 Å². The maximum atomic E-state index is 12.1. The van der Waals surface area contributed by atoms with Crippen LogP contribution in [0.5, 0.6) is 0 Å². The Bertz CT molecular complexity index is 431. The Hall–Kier alpha value is -1.26. The molecule has 3 rings (SSSR count). The lowest BCUT2D eigenvalue weighted by Crippen LogP contribution is -2.40. The monoisotopic (exact) mass is 334 g/mol. The maximum Gasteiger partial charge on any atom is 0.222 e. The molecule has 2 N–H and O–H groups in total. The van der Waals surface area contributed by atoms with E-state index in [9.17, 15) is 4.79 Å². The molecule has 3 fully saturated rings. The van der Waals surface area contributed by atoms with Crippen LogP contribution < -0.4 is 10.6 Å². The van der Waals surface area contributed by atoms with Crippen molar-refractivity contribution in [2.24, 2.45) is 16.8 Å². The van der Waals surface area contributed by atoms with Crippen molar-refractivity contribution >= 4 is 11.9 Å². The Morgan fingerprint density at radius 1 is 1.04 bits per heavy atom. The van der Waals surface area contributed by atoms with Crippen LogP contribution in [0.1, 0.15) is 64.7 Å². The molecule has 5 nitrogen and oxygen atoms in total. The summed E-state index contributed by atoms with van der Waals surface area (Å²) in [6.45, 7) is 5.88. The van der Waals surface area contributed by atoms with Gasteiger partial charge in [-0.3, -0.25) is 9.79 Å². The van der Waals surface area contributed by atoms with E-state index in [0.29, 0.717) is 19.0 Å². The van der Waals surface area contributed by atoms with E-state index in [-0.39, 0.29) is 5.91 Å². The second kappa shape index (κ2) is 8.72. The average Bonchev–Trinajstić information content (AvgIpc) is 3.23. The lowest BCUT2D eigenvalue weighted by Gasteiger charge is -2.22. The molecular formula is C19H34N4O. The number of likely N-dealkylation sites (tertiary alicyclic amines) is 1. The van der Waals surface area contributed by atoms with Gasteiger partial charge in [-0.15, -0.1) is 0 Å². The van der Waals surface area contributed by atoms with E-state index in [1.807, 2.05) is 0 Å². The van der Waals surface area contributed by atoms with Crippen LogP contribution in [0.2, 0.25) is 0 Å². The number of rotatable bonds is 5. The highest BCUT2D eigenvalue weighted by atomic mass is 16.1. The Balaban J connectivity index is 1.47. The molecule has 2 saturated carbocycles. The van der Waals surface area contributed by atoms with Gasteiger partial charge in [0.2, 0.25) is 5.91 Å². The first-order chi connectivity index (χ1) is 11.8. The van der Waals surface area contributed by atoms with Crippen molar-refractivity contribution in [2.45, 2.75) is 70.8 Å². The molecular weight excluding hydrogens is 300 g/mol. The number of hydrogen-bond donors (Lipinski definition) is 2. The first-order valence-electron chi connectivity index (χ1n) is 10.1. The summed E-state index contributed by atoms with van der Waals surface area (Å²) in [6, 6.07) is 0.413. The SMILES string of the molecule is CCNC(=NCCC(=O)NC1CCCC1)N1CC2CCCCC2C1. The Morgan fingerprint density at radius 2 is 1.67 bits per heavy atom. The molecule has 136 valence electrons. The average molecular weight is 335 g/mol. The van der Waals surface area contributed by atoms with Crippen molar-refractivity contribution in [1.82, 2.24) is 15.5 Å². The summed E-state index contributed by atoms with van der Waals surface area (Å²) in [5, 5.41) is 6.58. The van der Waals surface area contributed by atoms with E-state index in [1.165, 1.54) is 38.5 Å². The normalized spacial score (nSPS) is 28.0. The van der Waals surface area contributed by atoms with E-state index in [1.54, 1.807) is 0 Å². The first kappa shape index (κ1) is 17.6. The number of fused-ring (bicyclic) bond motifs is 1. The minimum atomic E-state index is 0.164. The van der Waals surface area contributed by atoms with Gasteiger partial charge in [-0.05, 0) is 44.4 Å². The molecule has 2 atom stereocenters. The van der Waals surface area contributed by atoms with Gasteiger partial charge in [0.15, 0.2) is 5.96 Å². The van der Waals surface area contributed by atoms with Crippen LogP contribution >= 0.6 is 0 Å². The molecule has 1 saturated heterocycles. The molecule has 5 heteroatoms. The molecule has 24 heavy (non-hydrogen) atoms. The molecule has 0 bridgehead atoms. The van der Waals surface area contributed by atoms with E-state index < -0.39 is 0 Å². The van der Waals surface area contributed by atoms with Crippen LogP contribution in [0.4, 0.5) is 0 Å². The minimum absolute atomic E-state index is 0.164. The molecule has 0 aromatic heterocycles. The minimum Gasteiger partial charge on any atom is -0.357 e. The molecule has 1 amide bonds. The highest BCUT2D eigenvalue weighted by Crippen LogP contribution is 2.35. The number of aliphatic imine (C=N–C) groups is 1. The number of nitrogens with one attached hydrogen (secondary N) is 2. The van der Waals surface area contributed by atoms with Gasteiger partial charge in [0.1, 0.15) is 0 Å². The zero-order valence-corrected chi connectivity index (χ0v) is 15.2. The number of guanidine groups is 1. The fourth-order valence-electron chi connectivity index (χ4n) is 4.64. The van der Waals surface area contributed by atoms with Crippen LogP contribution in [0.3, 0.4) is 0 Å². The van der Waals surface area contributed by atoms with Crippen LogP contribution in [0.15, 0.2) is 4.99 Å². The second-order valence-electron chi connectivity index (χ2n) is 7.74. The lowest BCUT2D eigenvalue weighted by atomic mass is 9.82. The van der Waals surface area contributed by atoms with E-state index in [0.717, 1.165) is 50.3 Å². The fraction of sp³-hybridized carbons (Fsp3) is 0.895. The molecule has 0 aromatic carbocycles. The quantitative estimate of drug-likeness (QED) is 0.600. The molecule has 0 aromatic rings. The maximum absolute atomic E-state index is 12.1. The lowest BCUT2D eigenvalue weighted by molar-refractivity contribution is -0.121. The summed E-state index contributed by atoms with van der Waals surface area (Å²) < 4.78 is 0. The van der Waals surface area contributed by atoms with Crippen molar-refractivity contribution in [3.8, 4) is 0 Å². The van der Waals surface area contributed by atoms with Crippen LogP contribution in [0, 0.1) is 11.8 Å². The van der Waals surface area contributed by atoms with Gasteiger partial charge in [0, 0.05) is 32.1 Å². The van der Waals surface area contributed by atoms with Gasteiger partial charge < -0.3 is 15.5 Å². The third-order valence-corrected chi connectivity index (χ3v) is 5.93. The zero-order chi connectivity index (χ0) is 16.8. The van der Waals surface area contributed by atoms with E-state index >= 15 is 0 Å². The predicted molar refractivity (Wildman–Crippen MR) is 98.0 cm³/mol. The Morgan fingerprint density at radius 3 is 2.29 bits per heavy atom. The fourth-order valence-corrected chi connectivity index (χ4v) is 4.64. The molecule has 2 aliphatic carbocycles. The number of hydrogen-bond acceptors (Lipinski definition) is 2. The highest BCUT2D eigenvalue weighted by molar-refractivity contribution is 5.81. The third-order valence-electron chi connectivity index (χ3n) is 5.93. The van der Waals surface area contributed by atoms with Crippen molar-refractivity contribution < 1.29 is 4.79 Å². The molecule has 0 radical (unpaired) electrons. The first-order valence-corrected chi connectivity index (χ1v) is 10.1. The van der Waals surface area contributed by atoms with E-state index in [2.05, 4.69) is 22.5 Å². The highest BCUT2D eigenvalue weighted by Gasteiger charge is 2.35. The smallest absolute Gasteiger partial charge is 0.222 e. The molecule has 1 heterocycles. The van der Waals surface area contributed by atoms with Gasteiger partial charge in [-0.2, -0.15) is 0 Å². The second-order valence-corrected chi connectivity index (χ2v) is 7.74. The topological polar surface area (TPSA) is 56.7 Å². The summed E-state index contributed by atoms with van der Waals surface area (Å²) in [4.78, 5) is 19.2. The number of amides is 1. The van der Waals surface area contributed by atoms with Crippen molar-refractivity contribution in [2.75, 3.05) is 26.2 Å². The Kier molecular flexibility index (Phi) is 6.38. The summed E-state index contributed by atoms with van der Waals surface area (Å²) in [5.74, 6) is 2.89. The van der Waals surface area contributed by atoms with Gasteiger partial charge in [0.25, 0.3) is 0 Å². The van der Waals surface area contributed by atoms with Gasteiger partial charge >= 0.3 is 0 Å². The largest absolute Gasteiger partial charge is 0.357 e. The van der Waals surface area contributed by atoms with Gasteiger partial charge in [0.05, 0.1) is 6.54 Å². The predicted octanol–water partition coefficient (Wildman–Crippen LogP) is 2.52. The van der Waals surface area contributed by atoms with Crippen molar-refractivity contribution in [3.63, 3.8) is 0 Å². The number of nitrogens with zero attached hydrogens (tertiary/aromatic N) is 2. The van der Waals surface area contributed by atoms with Crippen LogP contribution in [-0.2, 0) is 4.79 Å². The van der Waals surface area contributed by atoms with Gasteiger partial charge in [-0.1, -0.05) is 25.7 Å². The number of carbonyl (C=O) groups excluding carboxylic acids is 1. The summed E-state index contributed by atoms with van der Waals surface area (Å²) in [7, 11) is 0. The molecule has 0 spiro atoms. The zero-order valence-electron chi connectivity index (χ0n) is 15.2. The van der Waals surface area contributed by atoms with Crippen LogP contribution in [-0.4, -0.2) is 49.0 Å². The van der Waals surface area contributed by atoms with Crippen LogP contribution in [0.25, 0.3) is 0 Å². The van der Waals surface area contributed by atoms with Crippen molar-refractivity contribution in [3.05, 3.63) is 0 Å². The summed E-state index contributed by atoms with van der Waals surface area (Å²) in [6.07, 6.45) is 10.9. The summed E-state index contributed by atoms with van der Waals surface area (Å²) >= 11 is 0. The Labute approximate surface area is 146 Å². The number of carbonyl (C=O) groups is 1. The van der Waals surface area contributed by atoms with Crippen molar-refractivity contribution in [1.29, 1.82) is 0 Å². The molecule has 3 aliphatic rings. The summed E-state index contributed by atoms with van der Waals surface area (Å²) in [5.41, 5.74) is 0. The third kappa shape index (κ3) is 4.64.